The minimum absolute atomic E-state index is 0.114. The van der Waals surface area contributed by atoms with E-state index < -0.39 is 10.0 Å². The summed E-state index contributed by atoms with van der Waals surface area (Å²) in [6, 6.07) is 7.85. The number of nitrogens with zero attached hydrogens (tertiary/aromatic N) is 2. The molecule has 2 N–H and O–H groups in total. The normalized spacial score (nSPS) is 11.8. The van der Waals surface area contributed by atoms with Gasteiger partial charge in [-0.25, -0.2) is 8.42 Å². The number of sulfonamides is 1. The summed E-state index contributed by atoms with van der Waals surface area (Å²) in [7, 11) is -2.10. The Hall–Kier alpha value is -1.63. The molecule has 0 radical (unpaired) electrons. The quantitative estimate of drug-likeness (QED) is 0.878. The number of benzene rings is 1. The lowest BCUT2D eigenvalue weighted by atomic mass is 10.3. The number of rotatable bonds is 4. The van der Waals surface area contributed by atoms with Crippen molar-refractivity contribution in [1.29, 1.82) is 0 Å². The van der Waals surface area contributed by atoms with Crippen molar-refractivity contribution in [3.63, 3.8) is 0 Å². The van der Waals surface area contributed by atoms with E-state index in [1.165, 1.54) is 29.6 Å². The molecule has 0 bridgehead atoms. The lowest BCUT2D eigenvalue weighted by Crippen LogP contribution is -2.26. The highest BCUT2D eigenvalue weighted by Crippen LogP contribution is 2.24. The van der Waals surface area contributed by atoms with Crippen LogP contribution in [0.5, 0.6) is 0 Å². The third kappa shape index (κ3) is 3.09. The van der Waals surface area contributed by atoms with Gasteiger partial charge in [0.05, 0.1) is 15.6 Å². The molecule has 1 aromatic heterocycles. The molecule has 7 heteroatoms. The molecule has 2 rings (SSSR count). The van der Waals surface area contributed by atoms with Crippen molar-refractivity contribution in [1.82, 2.24) is 9.29 Å². The van der Waals surface area contributed by atoms with Crippen LogP contribution >= 0.6 is 11.6 Å². The van der Waals surface area contributed by atoms with E-state index in [4.69, 9.17) is 17.3 Å². The summed E-state index contributed by atoms with van der Waals surface area (Å²) in [6.45, 7) is 0.234. The topological polar surface area (TPSA) is 76.3 Å². The van der Waals surface area contributed by atoms with Crippen molar-refractivity contribution in [3.05, 3.63) is 53.3 Å². The van der Waals surface area contributed by atoms with E-state index in [2.05, 4.69) is 4.98 Å². The number of halogens is 1. The zero-order chi connectivity index (χ0) is 14.8. The van der Waals surface area contributed by atoms with Crippen molar-refractivity contribution >= 4 is 27.3 Å². The van der Waals surface area contributed by atoms with Crippen LogP contribution in [-0.4, -0.2) is 24.8 Å². The Balaban J connectivity index is 2.27. The Morgan fingerprint density at radius 3 is 2.70 bits per heavy atom. The number of hydrogen-bond acceptors (Lipinski definition) is 4. The molecular weight excluding hydrogens is 298 g/mol. The molecular formula is C13H14ClN3O2S. The minimum Gasteiger partial charge on any atom is -0.398 e. The van der Waals surface area contributed by atoms with E-state index in [1.54, 1.807) is 18.5 Å². The molecule has 5 nitrogen and oxygen atoms in total. The molecule has 0 unspecified atom stereocenters. The van der Waals surface area contributed by atoms with Crippen LogP contribution in [0.1, 0.15) is 5.56 Å². The van der Waals surface area contributed by atoms with Crippen LogP contribution in [0, 0.1) is 0 Å². The lowest BCUT2D eigenvalue weighted by molar-refractivity contribution is 0.466. The van der Waals surface area contributed by atoms with Gasteiger partial charge in [-0.2, -0.15) is 4.31 Å². The summed E-state index contributed by atoms with van der Waals surface area (Å²) in [5.74, 6) is 0. The van der Waals surface area contributed by atoms with Crippen molar-refractivity contribution < 1.29 is 8.42 Å². The third-order valence-corrected chi connectivity index (χ3v) is 4.93. The number of nitrogens with two attached hydrogens (primary N) is 1. The predicted molar refractivity (Wildman–Crippen MR) is 78.8 cm³/mol. The molecule has 0 saturated carbocycles. The first kappa shape index (κ1) is 14.8. The molecule has 0 spiro atoms. The Bertz CT molecular complexity index is 705. The highest BCUT2D eigenvalue weighted by molar-refractivity contribution is 7.89. The van der Waals surface area contributed by atoms with Crippen molar-refractivity contribution in [2.45, 2.75) is 11.4 Å². The average Bonchev–Trinajstić information content (AvgIpc) is 2.42. The van der Waals surface area contributed by atoms with Gasteiger partial charge in [-0.05, 0) is 29.8 Å². The van der Waals surface area contributed by atoms with Crippen LogP contribution in [0.4, 0.5) is 5.69 Å². The zero-order valence-electron chi connectivity index (χ0n) is 10.8. The maximum atomic E-state index is 12.4. The molecule has 0 atom stereocenters. The first-order valence-electron chi connectivity index (χ1n) is 5.81. The number of pyridine rings is 1. The van der Waals surface area contributed by atoms with E-state index in [0.717, 1.165) is 5.56 Å². The first-order chi connectivity index (χ1) is 9.41. The van der Waals surface area contributed by atoms with Crippen LogP contribution in [0.15, 0.2) is 47.6 Å². The van der Waals surface area contributed by atoms with E-state index in [-0.39, 0.29) is 16.5 Å². The second kappa shape index (κ2) is 5.78. The Morgan fingerprint density at radius 2 is 2.10 bits per heavy atom. The van der Waals surface area contributed by atoms with Crippen molar-refractivity contribution in [2.24, 2.45) is 0 Å². The smallest absolute Gasteiger partial charge is 0.243 e. The summed E-state index contributed by atoms with van der Waals surface area (Å²) < 4.78 is 26.1. The Morgan fingerprint density at radius 1 is 1.35 bits per heavy atom. The summed E-state index contributed by atoms with van der Waals surface area (Å²) in [5.41, 5.74) is 6.74. The van der Waals surface area contributed by atoms with Crippen LogP contribution in [0.2, 0.25) is 5.02 Å². The number of aromatic nitrogens is 1. The molecule has 0 aliphatic carbocycles. The van der Waals surface area contributed by atoms with Gasteiger partial charge in [0, 0.05) is 26.0 Å². The maximum Gasteiger partial charge on any atom is 0.243 e. The third-order valence-electron chi connectivity index (χ3n) is 2.81. The Kier molecular flexibility index (Phi) is 4.27. The average molecular weight is 312 g/mol. The molecule has 0 aliphatic heterocycles. The summed E-state index contributed by atoms with van der Waals surface area (Å²) in [5, 5.41) is 0.223. The predicted octanol–water partition coefficient (Wildman–Crippen LogP) is 2.14. The van der Waals surface area contributed by atoms with Crippen LogP contribution < -0.4 is 5.73 Å². The van der Waals surface area contributed by atoms with Crippen LogP contribution in [-0.2, 0) is 16.6 Å². The molecule has 0 fully saturated rings. The van der Waals surface area contributed by atoms with Crippen LogP contribution in [0.25, 0.3) is 0 Å². The number of nitrogen functional groups attached to an aromatic ring is 1. The monoisotopic (exact) mass is 311 g/mol. The second-order valence-electron chi connectivity index (χ2n) is 4.31. The van der Waals surface area contributed by atoms with Gasteiger partial charge in [-0.3, -0.25) is 4.98 Å². The summed E-state index contributed by atoms with van der Waals surface area (Å²) >= 11 is 5.87. The highest BCUT2D eigenvalue weighted by atomic mass is 35.5. The summed E-state index contributed by atoms with van der Waals surface area (Å²) in [6.07, 6.45) is 3.26. The van der Waals surface area contributed by atoms with E-state index >= 15 is 0 Å². The van der Waals surface area contributed by atoms with Gasteiger partial charge < -0.3 is 5.73 Å². The zero-order valence-corrected chi connectivity index (χ0v) is 12.4. The largest absolute Gasteiger partial charge is 0.398 e. The first-order valence-corrected chi connectivity index (χ1v) is 7.63. The molecule has 1 aromatic carbocycles. The molecule has 20 heavy (non-hydrogen) atoms. The van der Waals surface area contributed by atoms with Gasteiger partial charge in [0.2, 0.25) is 10.0 Å². The number of anilines is 1. The van der Waals surface area contributed by atoms with Crippen molar-refractivity contribution in [2.75, 3.05) is 12.8 Å². The standard InChI is InChI=1S/C13H14ClN3O2S/c1-17(9-10-3-2-6-16-8-10)20(18,19)11-4-5-13(15)12(14)7-11/h2-8H,9,15H2,1H3. The molecule has 106 valence electrons. The molecule has 0 saturated heterocycles. The van der Waals surface area contributed by atoms with Gasteiger partial charge in [0.1, 0.15) is 0 Å². The van der Waals surface area contributed by atoms with Gasteiger partial charge in [0.25, 0.3) is 0 Å². The molecule has 0 aliphatic rings. The SMILES string of the molecule is CN(Cc1cccnc1)S(=O)(=O)c1ccc(N)c(Cl)c1. The Labute approximate surface area is 123 Å². The summed E-state index contributed by atoms with van der Waals surface area (Å²) in [4.78, 5) is 4.07. The van der Waals surface area contributed by atoms with E-state index in [1.807, 2.05) is 6.07 Å². The van der Waals surface area contributed by atoms with Gasteiger partial charge in [-0.15, -0.1) is 0 Å². The second-order valence-corrected chi connectivity index (χ2v) is 6.76. The maximum absolute atomic E-state index is 12.4. The van der Waals surface area contributed by atoms with Gasteiger partial charge >= 0.3 is 0 Å². The van der Waals surface area contributed by atoms with Gasteiger partial charge in [-0.1, -0.05) is 17.7 Å². The minimum atomic E-state index is -3.61. The lowest BCUT2D eigenvalue weighted by Gasteiger charge is -2.17. The highest BCUT2D eigenvalue weighted by Gasteiger charge is 2.21. The molecule has 2 aromatic rings. The fourth-order valence-electron chi connectivity index (χ4n) is 1.68. The van der Waals surface area contributed by atoms with Crippen LogP contribution in [0.3, 0.4) is 0 Å². The van der Waals surface area contributed by atoms with E-state index in [9.17, 15) is 8.42 Å². The number of hydrogen-bond donors (Lipinski definition) is 1. The fourth-order valence-corrected chi connectivity index (χ4v) is 3.11. The van der Waals surface area contributed by atoms with E-state index in [0.29, 0.717) is 5.69 Å². The fraction of sp³-hybridized carbons (Fsp3) is 0.154. The molecule has 0 amide bonds. The molecule has 1 heterocycles. The van der Waals surface area contributed by atoms with Crippen molar-refractivity contribution in [3.8, 4) is 0 Å². The van der Waals surface area contributed by atoms with Gasteiger partial charge in [0.15, 0.2) is 0 Å².